The maximum atomic E-state index is 5.24. The molecule has 0 amide bonds. The number of ether oxygens (including phenoxy) is 1. The second-order valence-corrected chi connectivity index (χ2v) is 17.7. The fourth-order valence-corrected chi connectivity index (χ4v) is 11.7. The molecule has 1 aliphatic rings. The minimum atomic E-state index is -1.47. The predicted molar refractivity (Wildman–Crippen MR) is 85.8 cm³/mol. The van der Waals surface area contributed by atoms with Crippen molar-refractivity contribution in [1.29, 1.82) is 0 Å². The molecule has 1 nitrogen and oxygen atoms in total. The van der Waals surface area contributed by atoms with E-state index in [1.54, 1.807) is 12.4 Å². The molecule has 2 heteroatoms. The molecule has 0 radical (unpaired) electrons. The van der Waals surface area contributed by atoms with Gasteiger partial charge < -0.3 is 0 Å². The molecule has 19 heavy (non-hydrogen) atoms. The van der Waals surface area contributed by atoms with Gasteiger partial charge in [-0.2, -0.15) is 0 Å². The summed E-state index contributed by atoms with van der Waals surface area (Å²) in [6.45, 7) is 7.33. The van der Waals surface area contributed by atoms with Gasteiger partial charge in [-0.3, -0.25) is 0 Å². The van der Waals surface area contributed by atoms with Crippen LogP contribution in [0.1, 0.15) is 38.7 Å². The molecule has 0 aliphatic heterocycles. The van der Waals surface area contributed by atoms with Gasteiger partial charge in [-0.25, -0.2) is 0 Å². The van der Waals surface area contributed by atoms with Crippen molar-refractivity contribution in [2.24, 2.45) is 5.92 Å². The summed E-state index contributed by atoms with van der Waals surface area (Å²) >= 11 is -1.47. The molecule has 0 heterocycles. The van der Waals surface area contributed by atoms with Gasteiger partial charge in [0, 0.05) is 0 Å². The summed E-state index contributed by atoms with van der Waals surface area (Å²) in [6, 6.07) is 8.75. The average molecular weight is 321 g/mol. The Kier molecular flexibility index (Phi) is 4.99. The van der Waals surface area contributed by atoms with Gasteiger partial charge in [0.05, 0.1) is 0 Å². The van der Waals surface area contributed by atoms with Crippen molar-refractivity contribution >= 4 is 13.3 Å². The van der Waals surface area contributed by atoms with Gasteiger partial charge in [0.1, 0.15) is 0 Å². The Hall–Kier alpha value is -0.437. The minimum absolute atomic E-state index is 0.848. The fraction of sp³-hybridized carbons (Fsp3) is 0.647. The molecule has 1 fully saturated rings. The monoisotopic (exact) mass is 322 g/mol. The van der Waals surface area contributed by atoms with E-state index in [1.165, 1.54) is 27.7 Å². The zero-order valence-corrected chi connectivity index (χ0v) is 15.0. The van der Waals surface area contributed by atoms with Crippen LogP contribution in [0.4, 0.5) is 0 Å². The normalized spacial score (nSPS) is 22.3. The molecular weight excluding hydrogens is 293 g/mol. The van der Waals surface area contributed by atoms with Crippen molar-refractivity contribution in [3.05, 3.63) is 29.8 Å². The molecule has 1 aromatic rings. The third-order valence-corrected chi connectivity index (χ3v) is 17.8. The van der Waals surface area contributed by atoms with Crippen LogP contribution in [0.5, 0.6) is 5.75 Å². The Balaban J connectivity index is 1.96. The summed E-state index contributed by atoms with van der Waals surface area (Å²) in [7, 11) is 1.74. The molecule has 1 saturated carbocycles. The second-order valence-electron chi connectivity index (χ2n) is 6.14. The number of benzene rings is 1. The predicted octanol–water partition coefficient (Wildman–Crippen LogP) is 5.31. The summed E-state index contributed by atoms with van der Waals surface area (Å²) in [6.07, 6.45) is 1.43. The summed E-state index contributed by atoms with van der Waals surface area (Å²) in [4.78, 5) is 0. The van der Waals surface area contributed by atoms with Crippen LogP contribution in [0.2, 0.25) is 21.0 Å². The summed E-state index contributed by atoms with van der Waals surface area (Å²) < 4.78 is 5.24. The van der Waals surface area contributed by atoms with Crippen molar-refractivity contribution < 1.29 is 4.74 Å². The van der Waals surface area contributed by atoms with E-state index < -0.39 is 13.3 Å². The molecule has 0 saturated heterocycles. The van der Waals surface area contributed by atoms with Crippen LogP contribution in [0, 0.1) is 5.92 Å². The zero-order chi connectivity index (χ0) is 13.9. The van der Waals surface area contributed by atoms with Crippen LogP contribution in [0.3, 0.4) is 0 Å². The third kappa shape index (κ3) is 3.36. The molecule has 1 aliphatic carbocycles. The van der Waals surface area contributed by atoms with Gasteiger partial charge in [0.2, 0.25) is 0 Å². The molecule has 0 bridgehead atoms. The number of methoxy groups -OCH3 is 1. The van der Waals surface area contributed by atoms with Crippen LogP contribution in [0.15, 0.2) is 24.3 Å². The molecule has 106 valence electrons. The SMILES string of the molecule is C[CH2][Ge]([CH2]C)([CH2]C)[CH2][C@@H]1C[C@@H]1c1ccc(OC)cc1. The van der Waals surface area contributed by atoms with E-state index in [-0.39, 0.29) is 0 Å². The zero-order valence-electron chi connectivity index (χ0n) is 12.9. The Morgan fingerprint density at radius 2 is 1.63 bits per heavy atom. The molecule has 0 spiro atoms. The fourth-order valence-electron chi connectivity index (χ4n) is 3.47. The van der Waals surface area contributed by atoms with Gasteiger partial charge in [0.15, 0.2) is 0 Å². The summed E-state index contributed by atoms with van der Waals surface area (Å²) in [5.74, 6) is 2.82. The van der Waals surface area contributed by atoms with Crippen LogP contribution in [-0.2, 0) is 0 Å². The van der Waals surface area contributed by atoms with Crippen molar-refractivity contribution in [2.75, 3.05) is 7.11 Å². The van der Waals surface area contributed by atoms with Crippen molar-refractivity contribution in [3.63, 3.8) is 0 Å². The van der Waals surface area contributed by atoms with E-state index in [2.05, 4.69) is 45.0 Å². The van der Waals surface area contributed by atoms with Gasteiger partial charge in [0.25, 0.3) is 0 Å². The molecule has 0 N–H and O–H groups in total. The maximum absolute atomic E-state index is 5.24. The van der Waals surface area contributed by atoms with Crippen molar-refractivity contribution in [2.45, 2.75) is 54.1 Å². The van der Waals surface area contributed by atoms with Crippen LogP contribution >= 0.6 is 0 Å². The first kappa shape index (κ1) is 15.0. The van der Waals surface area contributed by atoms with E-state index in [0.717, 1.165) is 17.6 Å². The molecule has 0 aromatic heterocycles. The first-order valence-corrected chi connectivity index (χ1v) is 13.8. The third-order valence-electron chi connectivity index (χ3n) is 5.41. The number of hydrogen-bond donors (Lipinski definition) is 0. The van der Waals surface area contributed by atoms with Gasteiger partial charge in [-0.1, -0.05) is 0 Å². The Morgan fingerprint density at radius 1 is 1.05 bits per heavy atom. The second kappa shape index (κ2) is 6.34. The van der Waals surface area contributed by atoms with E-state index in [9.17, 15) is 0 Å². The van der Waals surface area contributed by atoms with Crippen LogP contribution < -0.4 is 4.74 Å². The van der Waals surface area contributed by atoms with Crippen molar-refractivity contribution in [1.82, 2.24) is 0 Å². The average Bonchev–Trinajstić information content (AvgIpc) is 3.24. The van der Waals surface area contributed by atoms with Gasteiger partial charge in [-0.15, -0.1) is 0 Å². The summed E-state index contributed by atoms with van der Waals surface area (Å²) in [5.41, 5.74) is 1.53. The number of rotatable bonds is 7. The van der Waals surface area contributed by atoms with Crippen LogP contribution in [0.25, 0.3) is 0 Å². The first-order chi connectivity index (χ1) is 9.18. The van der Waals surface area contributed by atoms with Gasteiger partial charge >= 0.3 is 121 Å². The quantitative estimate of drug-likeness (QED) is 0.619. The first-order valence-electron chi connectivity index (χ1n) is 7.82. The molecule has 2 atom stereocenters. The van der Waals surface area contributed by atoms with E-state index in [0.29, 0.717) is 0 Å². The van der Waals surface area contributed by atoms with Crippen molar-refractivity contribution in [3.8, 4) is 5.75 Å². The number of hydrogen-bond acceptors (Lipinski definition) is 1. The summed E-state index contributed by atoms with van der Waals surface area (Å²) in [5, 5.41) is 6.14. The standard InChI is InChI=1S/C17H28GeO/c1-5-18(6-2,7-3)13-15-12-17(15)14-8-10-16(19-4)11-9-14/h8-11,15,17H,5-7,12-13H2,1-4H3/t15-,17+/m0/s1. The molecule has 0 unspecified atom stereocenters. The van der Waals surface area contributed by atoms with Crippen LogP contribution in [-0.4, -0.2) is 20.4 Å². The Labute approximate surface area is 121 Å². The van der Waals surface area contributed by atoms with Gasteiger partial charge in [-0.05, 0) is 0 Å². The topological polar surface area (TPSA) is 9.23 Å². The van der Waals surface area contributed by atoms with E-state index >= 15 is 0 Å². The Bertz CT molecular complexity index is 386. The molecule has 2 rings (SSSR count). The Morgan fingerprint density at radius 3 is 2.11 bits per heavy atom. The molecule has 1 aromatic carbocycles. The molecular formula is C17H28GeO. The van der Waals surface area contributed by atoms with E-state index in [4.69, 9.17) is 4.74 Å². The van der Waals surface area contributed by atoms with E-state index in [1.807, 2.05) is 0 Å².